The Morgan fingerprint density at radius 1 is 1.23 bits per heavy atom. The summed E-state index contributed by atoms with van der Waals surface area (Å²) in [4.78, 5) is 16.6. The van der Waals surface area contributed by atoms with Gasteiger partial charge in [0.25, 0.3) is 5.22 Å². The van der Waals surface area contributed by atoms with Gasteiger partial charge in [-0.15, -0.1) is 0 Å². The van der Waals surface area contributed by atoms with Crippen LogP contribution in [0.15, 0.2) is 57.0 Å². The normalized spacial score (nSPS) is 12.0. The predicted octanol–water partition coefficient (Wildman–Crippen LogP) is 3.71. The number of benzene rings is 2. The molecule has 3 rings (SSSR count). The summed E-state index contributed by atoms with van der Waals surface area (Å²) in [6, 6.07) is 11.3. The highest BCUT2D eigenvalue weighted by Crippen LogP contribution is 2.27. The highest BCUT2D eigenvalue weighted by atomic mass is 35.5. The molecule has 0 spiro atoms. The Hall–Kier alpha value is -1.87. The zero-order valence-corrected chi connectivity index (χ0v) is 16.4. The number of sulfonamides is 1. The van der Waals surface area contributed by atoms with E-state index in [2.05, 4.69) is 4.98 Å². The second kappa shape index (κ2) is 7.40. The topological polar surface area (TPSA) is 80.5 Å². The SMILES string of the molecule is CN(C)S(=O)(=O)c1ccc2oc(SCC(=O)c3ccccc3Cl)nc2c1. The smallest absolute Gasteiger partial charge is 0.257 e. The minimum absolute atomic E-state index is 0.111. The standard InChI is InChI=1S/C17H15ClN2O4S2/c1-20(2)26(22,23)11-7-8-16-14(9-11)19-17(24-16)25-10-15(21)12-5-3-4-6-13(12)18/h3-9H,10H2,1-2H3. The van der Waals surface area contributed by atoms with E-state index in [9.17, 15) is 13.2 Å². The van der Waals surface area contributed by atoms with Gasteiger partial charge in [-0.1, -0.05) is 35.5 Å². The van der Waals surface area contributed by atoms with Crippen molar-refractivity contribution >= 4 is 50.3 Å². The molecular formula is C17H15ClN2O4S2. The number of oxazole rings is 1. The van der Waals surface area contributed by atoms with E-state index in [1.807, 2.05) is 0 Å². The molecule has 26 heavy (non-hydrogen) atoms. The second-order valence-electron chi connectivity index (χ2n) is 5.59. The van der Waals surface area contributed by atoms with Crippen LogP contribution < -0.4 is 0 Å². The molecule has 1 heterocycles. The highest BCUT2D eigenvalue weighted by molar-refractivity contribution is 7.99. The molecule has 0 aliphatic carbocycles. The molecular weight excluding hydrogens is 396 g/mol. The molecule has 2 aromatic carbocycles. The van der Waals surface area contributed by atoms with Crippen molar-refractivity contribution in [1.29, 1.82) is 0 Å². The van der Waals surface area contributed by atoms with Gasteiger partial charge in [-0.2, -0.15) is 0 Å². The second-order valence-corrected chi connectivity index (χ2v) is 9.07. The number of hydrogen-bond acceptors (Lipinski definition) is 6. The van der Waals surface area contributed by atoms with Crippen molar-refractivity contribution in [2.45, 2.75) is 10.1 Å². The molecule has 0 radical (unpaired) electrons. The maximum Gasteiger partial charge on any atom is 0.257 e. The first-order chi connectivity index (χ1) is 12.3. The number of rotatable bonds is 6. The molecule has 6 nitrogen and oxygen atoms in total. The number of ketones is 1. The van der Waals surface area contributed by atoms with Crippen LogP contribution in [-0.2, 0) is 10.0 Å². The third-order valence-electron chi connectivity index (χ3n) is 3.62. The van der Waals surface area contributed by atoms with Crippen molar-refractivity contribution in [1.82, 2.24) is 9.29 Å². The number of hydrogen-bond donors (Lipinski definition) is 0. The van der Waals surface area contributed by atoms with Crippen LogP contribution in [0.1, 0.15) is 10.4 Å². The lowest BCUT2D eigenvalue weighted by Crippen LogP contribution is -2.22. The van der Waals surface area contributed by atoms with Crippen molar-refractivity contribution in [3.05, 3.63) is 53.1 Å². The first kappa shape index (κ1) is 18.9. The Balaban J connectivity index is 1.80. The van der Waals surface area contributed by atoms with Crippen LogP contribution in [-0.4, -0.2) is 43.3 Å². The van der Waals surface area contributed by atoms with Crippen LogP contribution in [0.3, 0.4) is 0 Å². The lowest BCUT2D eigenvalue weighted by Gasteiger charge is -2.10. The van der Waals surface area contributed by atoms with E-state index in [1.54, 1.807) is 30.3 Å². The van der Waals surface area contributed by atoms with Gasteiger partial charge in [0.1, 0.15) is 5.52 Å². The van der Waals surface area contributed by atoms with Crippen LogP contribution in [0.4, 0.5) is 0 Å². The van der Waals surface area contributed by atoms with Crippen molar-refractivity contribution in [3.8, 4) is 0 Å². The van der Waals surface area contributed by atoms with E-state index < -0.39 is 10.0 Å². The molecule has 0 bridgehead atoms. The summed E-state index contributed by atoms with van der Waals surface area (Å²) in [6.07, 6.45) is 0. The first-order valence-electron chi connectivity index (χ1n) is 7.52. The summed E-state index contributed by atoms with van der Waals surface area (Å²) in [5.41, 5.74) is 1.31. The first-order valence-corrected chi connectivity index (χ1v) is 10.3. The minimum atomic E-state index is -3.55. The van der Waals surface area contributed by atoms with Gasteiger partial charge in [0.05, 0.1) is 15.7 Å². The van der Waals surface area contributed by atoms with E-state index in [1.165, 1.54) is 26.2 Å². The molecule has 1 aromatic heterocycles. The molecule has 0 amide bonds. The third kappa shape index (κ3) is 3.78. The maximum absolute atomic E-state index is 12.3. The lowest BCUT2D eigenvalue weighted by molar-refractivity contribution is 0.102. The third-order valence-corrected chi connectivity index (χ3v) is 6.59. The summed E-state index contributed by atoms with van der Waals surface area (Å²) in [5.74, 6) is -0.0295. The van der Waals surface area contributed by atoms with Gasteiger partial charge in [-0.05, 0) is 30.3 Å². The average Bonchev–Trinajstić information content (AvgIpc) is 3.02. The molecule has 0 atom stereocenters. The van der Waals surface area contributed by atoms with Crippen LogP contribution in [0, 0.1) is 0 Å². The number of carbonyl (C=O) groups is 1. The zero-order chi connectivity index (χ0) is 18.9. The van der Waals surface area contributed by atoms with Gasteiger partial charge in [0.2, 0.25) is 10.0 Å². The number of aromatic nitrogens is 1. The van der Waals surface area contributed by atoms with Crippen molar-refractivity contribution in [3.63, 3.8) is 0 Å². The number of Topliss-reactive ketones (excluding diaryl/α,β-unsaturated/α-hetero) is 1. The van der Waals surface area contributed by atoms with Crippen LogP contribution in [0.5, 0.6) is 0 Å². The molecule has 0 aliphatic rings. The summed E-state index contributed by atoms with van der Waals surface area (Å²) >= 11 is 7.15. The highest BCUT2D eigenvalue weighted by Gasteiger charge is 2.19. The zero-order valence-electron chi connectivity index (χ0n) is 14.0. The fourth-order valence-electron chi connectivity index (χ4n) is 2.21. The Bertz CT molecular complexity index is 1080. The van der Waals surface area contributed by atoms with Gasteiger partial charge in [0.15, 0.2) is 11.4 Å². The van der Waals surface area contributed by atoms with Gasteiger partial charge in [-0.3, -0.25) is 4.79 Å². The molecule has 0 saturated heterocycles. The van der Waals surface area contributed by atoms with E-state index in [0.717, 1.165) is 16.1 Å². The summed E-state index contributed by atoms with van der Waals surface area (Å²) in [7, 11) is -0.625. The molecule has 136 valence electrons. The van der Waals surface area contributed by atoms with E-state index in [0.29, 0.717) is 26.9 Å². The quantitative estimate of drug-likeness (QED) is 0.455. The lowest BCUT2D eigenvalue weighted by atomic mass is 10.1. The Morgan fingerprint density at radius 3 is 2.65 bits per heavy atom. The fraction of sp³-hybridized carbons (Fsp3) is 0.176. The number of thioether (sulfide) groups is 1. The summed E-state index contributed by atoms with van der Waals surface area (Å²) in [6.45, 7) is 0. The molecule has 9 heteroatoms. The maximum atomic E-state index is 12.3. The van der Waals surface area contributed by atoms with Gasteiger partial charge in [-0.25, -0.2) is 17.7 Å². The summed E-state index contributed by atoms with van der Waals surface area (Å²) in [5, 5.41) is 0.689. The monoisotopic (exact) mass is 410 g/mol. The van der Waals surface area contributed by atoms with Gasteiger partial charge in [0, 0.05) is 19.7 Å². The molecule has 0 saturated carbocycles. The Kier molecular flexibility index (Phi) is 5.38. The molecule has 3 aromatic rings. The molecule has 0 aliphatic heterocycles. The van der Waals surface area contributed by atoms with Gasteiger partial charge >= 0.3 is 0 Å². The number of fused-ring (bicyclic) bond motifs is 1. The van der Waals surface area contributed by atoms with E-state index in [-0.39, 0.29) is 16.4 Å². The number of nitrogens with zero attached hydrogens (tertiary/aromatic N) is 2. The number of carbonyl (C=O) groups excluding carboxylic acids is 1. The number of halogens is 1. The molecule has 0 fully saturated rings. The van der Waals surface area contributed by atoms with E-state index >= 15 is 0 Å². The predicted molar refractivity (Wildman–Crippen MR) is 101 cm³/mol. The van der Waals surface area contributed by atoms with Crippen LogP contribution >= 0.6 is 23.4 Å². The van der Waals surface area contributed by atoms with Crippen molar-refractivity contribution in [2.75, 3.05) is 19.8 Å². The Morgan fingerprint density at radius 2 is 1.96 bits per heavy atom. The fourth-order valence-corrected chi connectivity index (χ4v) is 4.10. The van der Waals surface area contributed by atoms with E-state index in [4.69, 9.17) is 16.0 Å². The van der Waals surface area contributed by atoms with Crippen molar-refractivity contribution < 1.29 is 17.6 Å². The summed E-state index contributed by atoms with van der Waals surface area (Å²) < 4.78 is 31.1. The largest absolute Gasteiger partial charge is 0.431 e. The molecule has 0 N–H and O–H groups in total. The minimum Gasteiger partial charge on any atom is -0.431 e. The Labute approximate surface area is 160 Å². The molecule has 0 unspecified atom stereocenters. The van der Waals surface area contributed by atoms with Crippen LogP contribution in [0.2, 0.25) is 5.02 Å². The van der Waals surface area contributed by atoms with Crippen molar-refractivity contribution in [2.24, 2.45) is 0 Å². The van der Waals surface area contributed by atoms with Crippen LogP contribution in [0.25, 0.3) is 11.1 Å². The average molecular weight is 411 g/mol. The van der Waals surface area contributed by atoms with Gasteiger partial charge < -0.3 is 4.42 Å².